The summed E-state index contributed by atoms with van der Waals surface area (Å²) in [6.45, 7) is 0.276. The van der Waals surface area contributed by atoms with Crippen molar-refractivity contribution >= 4 is 22.2 Å². The minimum Gasteiger partial charge on any atom is -0.760 e. The molecule has 4 nitrogen and oxygen atoms in total. The van der Waals surface area contributed by atoms with Crippen LogP contribution in [0.5, 0.6) is 0 Å². The van der Waals surface area contributed by atoms with E-state index in [1.54, 1.807) is 0 Å². The molecule has 0 saturated carbocycles. The predicted octanol–water partition coefficient (Wildman–Crippen LogP) is 2.98. The Bertz CT molecular complexity index is 752. The monoisotopic (exact) mass is 286 g/mol. The Morgan fingerprint density at radius 2 is 1.90 bits per heavy atom. The molecule has 3 aromatic rings. The van der Waals surface area contributed by atoms with Crippen LogP contribution < -0.4 is 4.72 Å². The Labute approximate surface area is 118 Å². The summed E-state index contributed by atoms with van der Waals surface area (Å²) in [5.74, 6) is 0.804. The normalized spacial score (nSPS) is 12.7. The Balaban J connectivity index is 1.93. The quantitative estimate of drug-likeness (QED) is 0.750. The van der Waals surface area contributed by atoms with E-state index in [2.05, 4.69) is 4.72 Å². The van der Waals surface area contributed by atoms with Crippen LogP contribution in [0.2, 0.25) is 0 Å². The average molecular weight is 286 g/mol. The molecule has 2 aromatic carbocycles. The summed E-state index contributed by atoms with van der Waals surface area (Å²) in [6.07, 6.45) is 0. The van der Waals surface area contributed by atoms with Crippen LogP contribution in [0.4, 0.5) is 0 Å². The molecule has 1 heterocycles. The van der Waals surface area contributed by atoms with Gasteiger partial charge in [0.25, 0.3) is 0 Å². The highest BCUT2D eigenvalue weighted by Crippen LogP contribution is 2.28. The average Bonchev–Trinajstić information content (AvgIpc) is 2.89. The van der Waals surface area contributed by atoms with Crippen LogP contribution >= 0.6 is 0 Å². The maximum absolute atomic E-state index is 10.5. The number of hydrogen-bond acceptors (Lipinski definition) is 3. The van der Waals surface area contributed by atoms with Crippen LogP contribution in [0.3, 0.4) is 0 Å². The molecule has 0 radical (unpaired) electrons. The third-order valence-corrected chi connectivity index (χ3v) is 3.41. The van der Waals surface area contributed by atoms with Crippen LogP contribution in [0, 0.1) is 0 Å². The summed E-state index contributed by atoms with van der Waals surface area (Å²) < 4.78 is 29.1. The Morgan fingerprint density at radius 1 is 1.10 bits per heavy atom. The van der Waals surface area contributed by atoms with Gasteiger partial charge in [-0.1, -0.05) is 36.4 Å². The molecule has 0 spiro atoms. The SMILES string of the molecule is O=S([O-])NCc1ccc2oc(-c3ccccc3)cc2c1. The molecule has 0 amide bonds. The van der Waals surface area contributed by atoms with Crippen LogP contribution in [-0.4, -0.2) is 8.76 Å². The van der Waals surface area contributed by atoms with Gasteiger partial charge >= 0.3 is 0 Å². The molecule has 0 bridgehead atoms. The van der Waals surface area contributed by atoms with Crippen molar-refractivity contribution in [3.63, 3.8) is 0 Å². The third kappa shape index (κ3) is 2.80. The van der Waals surface area contributed by atoms with E-state index < -0.39 is 11.3 Å². The zero-order chi connectivity index (χ0) is 13.9. The minimum atomic E-state index is -2.25. The fourth-order valence-electron chi connectivity index (χ4n) is 2.09. The summed E-state index contributed by atoms with van der Waals surface area (Å²) in [4.78, 5) is 0. The summed E-state index contributed by atoms with van der Waals surface area (Å²) >= 11 is -2.25. The molecule has 1 aromatic heterocycles. The van der Waals surface area contributed by atoms with E-state index in [1.807, 2.05) is 54.6 Å². The number of rotatable bonds is 4. The van der Waals surface area contributed by atoms with Gasteiger partial charge in [0.15, 0.2) is 0 Å². The molecule has 1 N–H and O–H groups in total. The highest BCUT2D eigenvalue weighted by molar-refractivity contribution is 7.77. The number of nitrogens with one attached hydrogen (secondary N) is 1. The second kappa shape index (κ2) is 5.58. The molecule has 3 rings (SSSR count). The lowest BCUT2D eigenvalue weighted by Crippen LogP contribution is -2.15. The zero-order valence-electron chi connectivity index (χ0n) is 10.5. The van der Waals surface area contributed by atoms with Gasteiger partial charge in [-0.3, -0.25) is 4.21 Å². The third-order valence-electron chi connectivity index (χ3n) is 3.03. The minimum absolute atomic E-state index is 0.276. The van der Waals surface area contributed by atoms with Gasteiger partial charge in [0, 0.05) is 28.8 Å². The highest BCUT2D eigenvalue weighted by atomic mass is 32.2. The Morgan fingerprint density at radius 3 is 2.65 bits per heavy atom. The summed E-state index contributed by atoms with van der Waals surface area (Å²) in [6, 6.07) is 17.4. The van der Waals surface area contributed by atoms with E-state index in [1.165, 1.54) is 0 Å². The van der Waals surface area contributed by atoms with E-state index in [-0.39, 0.29) is 6.54 Å². The number of fused-ring (bicyclic) bond motifs is 1. The summed E-state index contributed by atoms with van der Waals surface area (Å²) in [5.41, 5.74) is 2.70. The fraction of sp³-hybridized carbons (Fsp3) is 0.0667. The molecule has 0 saturated heterocycles. The van der Waals surface area contributed by atoms with Crippen molar-refractivity contribution in [2.75, 3.05) is 0 Å². The zero-order valence-corrected chi connectivity index (χ0v) is 11.4. The van der Waals surface area contributed by atoms with E-state index in [0.717, 1.165) is 27.9 Å². The van der Waals surface area contributed by atoms with E-state index in [0.29, 0.717) is 0 Å². The van der Waals surface area contributed by atoms with Gasteiger partial charge in [0.05, 0.1) is 0 Å². The van der Waals surface area contributed by atoms with Gasteiger partial charge in [0.1, 0.15) is 11.3 Å². The molecule has 0 aliphatic rings. The van der Waals surface area contributed by atoms with E-state index in [9.17, 15) is 8.76 Å². The topological polar surface area (TPSA) is 65.3 Å². The second-order valence-electron chi connectivity index (χ2n) is 4.40. The molecule has 102 valence electrons. The highest BCUT2D eigenvalue weighted by Gasteiger charge is 2.06. The lowest BCUT2D eigenvalue weighted by Gasteiger charge is -2.06. The number of furan rings is 1. The predicted molar refractivity (Wildman–Crippen MR) is 77.4 cm³/mol. The van der Waals surface area contributed by atoms with Crippen LogP contribution in [-0.2, 0) is 17.8 Å². The molecule has 1 unspecified atom stereocenters. The number of benzene rings is 2. The summed E-state index contributed by atoms with van der Waals surface area (Å²) in [7, 11) is 0. The van der Waals surface area contributed by atoms with Gasteiger partial charge in [-0.15, -0.1) is 0 Å². The maximum Gasteiger partial charge on any atom is 0.135 e. The first-order chi connectivity index (χ1) is 9.72. The first-order valence-electron chi connectivity index (χ1n) is 6.13. The molecular formula is C15H12NO3S-. The van der Waals surface area contributed by atoms with Crippen LogP contribution in [0.25, 0.3) is 22.3 Å². The largest absolute Gasteiger partial charge is 0.760 e. The van der Waals surface area contributed by atoms with Gasteiger partial charge < -0.3 is 8.97 Å². The number of hydrogen-bond donors (Lipinski definition) is 1. The smallest absolute Gasteiger partial charge is 0.135 e. The van der Waals surface area contributed by atoms with Crippen LogP contribution in [0.15, 0.2) is 59.0 Å². The van der Waals surface area contributed by atoms with Crippen molar-refractivity contribution in [1.29, 1.82) is 0 Å². The molecule has 0 fully saturated rings. The van der Waals surface area contributed by atoms with Crippen molar-refractivity contribution in [2.24, 2.45) is 0 Å². The van der Waals surface area contributed by atoms with Crippen molar-refractivity contribution in [1.82, 2.24) is 4.72 Å². The van der Waals surface area contributed by atoms with Crippen molar-refractivity contribution in [3.8, 4) is 11.3 Å². The molecule has 20 heavy (non-hydrogen) atoms. The first-order valence-corrected chi connectivity index (χ1v) is 7.20. The van der Waals surface area contributed by atoms with Crippen molar-refractivity contribution in [2.45, 2.75) is 6.54 Å². The molecule has 1 atom stereocenters. The van der Waals surface area contributed by atoms with Gasteiger partial charge in [0.2, 0.25) is 0 Å². The van der Waals surface area contributed by atoms with Gasteiger partial charge in [-0.25, -0.2) is 4.72 Å². The fourth-order valence-corrected chi connectivity index (χ4v) is 2.37. The molecular weight excluding hydrogens is 274 g/mol. The maximum atomic E-state index is 10.5. The molecule has 0 aliphatic heterocycles. The van der Waals surface area contributed by atoms with Crippen molar-refractivity contribution in [3.05, 3.63) is 60.2 Å². The van der Waals surface area contributed by atoms with E-state index >= 15 is 0 Å². The van der Waals surface area contributed by atoms with E-state index in [4.69, 9.17) is 4.42 Å². The molecule has 0 aliphatic carbocycles. The van der Waals surface area contributed by atoms with Gasteiger partial charge in [-0.2, -0.15) is 0 Å². The summed E-state index contributed by atoms with van der Waals surface area (Å²) in [5, 5.41) is 0.958. The first kappa shape index (κ1) is 13.1. The Kier molecular flexibility index (Phi) is 3.64. The molecule has 5 heteroatoms. The lowest BCUT2D eigenvalue weighted by atomic mass is 10.1. The standard InChI is InChI=1S/C15H13NO3S/c17-20(18)16-10-11-6-7-14-13(8-11)9-15(19-14)12-4-2-1-3-5-12/h1-9,16H,10H2,(H,17,18)/p-1. The van der Waals surface area contributed by atoms with Crippen molar-refractivity contribution < 1.29 is 13.2 Å². The van der Waals surface area contributed by atoms with Crippen LogP contribution in [0.1, 0.15) is 5.56 Å². The van der Waals surface area contributed by atoms with Gasteiger partial charge in [-0.05, 0) is 23.8 Å². The Hall–Kier alpha value is -1.95. The second-order valence-corrected chi connectivity index (χ2v) is 5.16. The lowest BCUT2D eigenvalue weighted by molar-refractivity contribution is 0.522.